The first kappa shape index (κ1) is 24.8. The van der Waals surface area contributed by atoms with E-state index in [1.807, 2.05) is 68.4 Å². The lowest BCUT2D eigenvalue weighted by Crippen LogP contribution is -2.37. The van der Waals surface area contributed by atoms with Gasteiger partial charge >= 0.3 is 5.95 Å². The van der Waals surface area contributed by atoms with Gasteiger partial charge in [-0.05, 0) is 42.7 Å². The minimum absolute atomic E-state index is 0.0641. The molecule has 0 radical (unpaired) electrons. The fourth-order valence-electron chi connectivity index (χ4n) is 3.76. The smallest absolute Gasteiger partial charge is 0.325 e. The summed E-state index contributed by atoms with van der Waals surface area (Å²) in [6, 6.07) is 20.7. The molecule has 4 rings (SSSR count). The standard InChI is InChI=1S/C28H29N3O5/c1-28(2,27(33)29-3)21-13-11-20(12-14-21)17-31-25(32)22-10-7-15-30-26(22)36-24-18-34-23(35-24)16-19-8-5-4-6-9-19/h4-15,18,23H,16-17H2,1-3H3,(H,29,33)(H,31,32). The lowest BCUT2D eigenvalue weighted by molar-refractivity contribution is -0.125. The maximum atomic E-state index is 12.9. The minimum atomic E-state index is -0.653. The van der Waals surface area contributed by atoms with Gasteiger partial charge in [0.2, 0.25) is 18.1 Å². The van der Waals surface area contributed by atoms with Gasteiger partial charge in [0.05, 0.1) is 5.41 Å². The number of carbonyl (C=O) groups is 2. The predicted octanol–water partition coefficient (Wildman–Crippen LogP) is 3.83. The molecule has 1 atom stereocenters. The second-order valence-corrected chi connectivity index (χ2v) is 8.85. The number of hydrogen-bond acceptors (Lipinski definition) is 6. The predicted molar refractivity (Wildman–Crippen MR) is 134 cm³/mol. The van der Waals surface area contributed by atoms with Crippen molar-refractivity contribution in [3.8, 4) is 5.88 Å². The molecule has 0 aliphatic carbocycles. The van der Waals surface area contributed by atoms with Crippen molar-refractivity contribution in [2.24, 2.45) is 0 Å². The fourth-order valence-corrected chi connectivity index (χ4v) is 3.76. The first-order valence-electron chi connectivity index (χ1n) is 11.7. The molecule has 1 unspecified atom stereocenters. The molecule has 8 nitrogen and oxygen atoms in total. The van der Waals surface area contributed by atoms with Crippen LogP contribution in [0.2, 0.25) is 0 Å². The molecule has 1 aliphatic heterocycles. The highest BCUT2D eigenvalue weighted by Gasteiger charge is 2.28. The second-order valence-electron chi connectivity index (χ2n) is 8.85. The van der Waals surface area contributed by atoms with Crippen molar-refractivity contribution in [1.82, 2.24) is 15.6 Å². The third-order valence-corrected chi connectivity index (χ3v) is 5.95. The molecule has 2 N–H and O–H groups in total. The third kappa shape index (κ3) is 5.83. The topological polar surface area (TPSA) is 98.8 Å². The summed E-state index contributed by atoms with van der Waals surface area (Å²) in [5.41, 5.74) is 2.47. The summed E-state index contributed by atoms with van der Waals surface area (Å²) in [5.74, 6) is -0.148. The van der Waals surface area contributed by atoms with E-state index in [2.05, 4.69) is 15.6 Å². The zero-order chi connectivity index (χ0) is 25.5. The van der Waals surface area contributed by atoms with Gasteiger partial charge in [-0.3, -0.25) is 9.59 Å². The van der Waals surface area contributed by atoms with Crippen LogP contribution in [0.25, 0.3) is 0 Å². The first-order chi connectivity index (χ1) is 17.4. The van der Waals surface area contributed by atoms with Gasteiger partial charge in [-0.15, -0.1) is 0 Å². The van der Waals surface area contributed by atoms with Gasteiger partial charge in [-0.2, -0.15) is 0 Å². The van der Waals surface area contributed by atoms with E-state index in [0.717, 1.165) is 16.7 Å². The molecule has 2 aromatic carbocycles. The number of aromatic nitrogens is 1. The SMILES string of the molecule is CNC(=O)C(C)(C)c1ccc(CNC(=O)c2cccnc2OC2=COC(Cc3ccccc3)O2)cc1. The van der Waals surface area contributed by atoms with E-state index in [1.54, 1.807) is 19.2 Å². The fraction of sp³-hybridized carbons (Fsp3) is 0.250. The van der Waals surface area contributed by atoms with Crippen molar-refractivity contribution in [3.05, 3.63) is 107 Å². The molecule has 0 bridgehead atoms. The van der Waals surface area contributed by atoms with Crippen molar-refractivity contribution >= 4 is 11.8 Å². The Morgan fingerprint density at radius 2 is 1.75 bits per heavy atom. The highest BCUT2D eigenvalue weighted by molar-refractivity contribution is 5.96. The van der Waals surface area contributed by atoms with Crippen molar-refractivity contribution < 1.29 is 23.8 Å². The van der Waals surface area contributed by atoms with Gasteiger partial charge in [0.25, 0.3) is 5.91 Å². The minimum Gasteiger partial charge on any atom is -0.455 e. The van der Waals surface area contributed by atoms with Crippen LogP contribution >= 0.6 is 0 Å². The number of nitrogens with one attached hydrogen (secondary N) is 2. The highest BCUT2D eigenvalue weighted by Crippen LogP contribution is 2.25. The summed E-state index contributed by atoms with van der Waals surface area (Å²) in [4.78, 5) is 29.2. The molecule has 186 valence electrons. The molecule has 0 fully saturated rings. The maximum Gasteiger partial charge on any atom is 0.325 e. The van der Waals surface area contributed by atoms with Crippen LogP contribution in [0.5, 0.6) is 5.88 Å². The van der Waals surface area contributed by atoms with Crippen LogP contribution in [0.3, 0.4) is 0 Å². The van der Waals surface area contributed by atoms with Crippen LogP contribution in [-0.4, -0.2) is 30.1 Å². The largest absolute Gasteiger partial charge is 0.455 e. The van der Waals surface area contributed by atoms with E-state index in [1.165, 1.54) is 12.5 Å². The zero-order valence-electron chi connectivity index (χ0n) is 20.5. The molecule has 0 saturated carbocycles. The van der Waals surface area contributed by atoms with Crippen molar-refractivity contribution in [2.45, 2.75) is 38.5 Å². The average Bonchev–Trinajstić information content (AvgIpc) is 3.34. The Morgan fingerprint density at radius 3 is 2.47 bits per heavy atom. The summed E-state index contributed by atoms with van der Waals surface area (Å²) in [6.07, 6.45) is 2.96. The Balaban J connectivity index is 1.34. The normalized spacial score (nSPS) is 14.8. The van der Waals surface area contributed by atoms with Crippen LogP contribution in [0, 0.1) is 0 Å². The van der Waals surface area contributed by atoms with E-state index >= 15 is 0 Å². The Hall–Kier alpha value is -4.33. The van der Waals surface area contributed by atoms with Crippen molar-refractivity contribution in [3.63, 3.8) is 0 Å². The Labute approximate surface area is 210 Å². The monoisotopic (exact) mass is 487 g/mol. The van der Waals surface area contributed by atoms with Crippen LogP contribution < -0.4 is 15.4 Å². The van der Waals surface area contributed by atoms with Crippen LogP contribution in [0.15, 0.2) is 85.1 Å². The van der Waals surface area contributed by atoms with Gasteiger partial charge in [0.15, 0.2) is 6.26 Å². The van der Waals surface area contributed by atoms with Crippen molar-refractivity contribution in [1.29, 1.82) is 0 Å². The molecule has 2 heterocycles. The van der Waals surface area contributed by atoms with Gasteiger partial charge in [-0.25, -0.2) is 4.98 Å². The molecule has 0 saturated heterocycles. The molecule has 0 spiro atoms. The number of rotatable bonds is 9. The van der Waals surface area contributed by atoms with Gasteiger partial charge in [0.1, 0.15) is 5.56 Å². The van der Waals surface area contributed by atoms with E-state index in [0.29, 0.717) is 13.0 Å². The molecule has 36 heavy (non-hydrogen) atoms. The summed E-state index contributed by atoms with van der Waals surface area (Å²) >= 11 is 0. The average molecular weight is 488 g/mol. The quantitative estimate of drug-likeness (QED) is 0.476. The molecular formula is C28H29N3O5. The number of ether oxygens (including phenoxy) is 3. The van der Waals surface area contributed by atoms with Crippen molar-refractivity contribution in [2.75, 3.05) is 7.05 Å². The Kier molecular flexibility index (Phi) is 7.53. The molecule has 8 heteroatoms. The first-order valence-corrected chi connectivity index (χ1v) is 11.7. The molecular weight excluding hydrogens is 458 g/mol. The molecule has 1 aromatic heterocycles. The zero-order valence-corrected chi connectivity index (χ0v) is 20.5. The summed E-state index contributed by atoms with van der Waals surface area (Å²) < 4.78 is 17.0. The molecule has 2 amide bonds. The summed E-state index contributed by atoms with van der Waals surface area (Å²) in [6.45, 7) is 4.03. The Bertz CT molecular complexity index is 1240. The highest BCUT2D eigenvalue weighted by atomic mass is 16.8. The van der Waals surface area contributed by atoms with Gasteiger partial charge in [0, 0.05) is 26.2 Å². The molecule has 1 aliphatic rings. The number of nitrogens with zero attached hydrogens (tertiary/aromatic N) is 1. The summed E-state index contributed by atoms with van der Waals surface area (Å²) in [5, 5.41) is 5.57. The number of hydrogen-bond donors (Lipinski definition) is 2. The van der Waals surface area contributed by atoms with E-state index in [9.17, 15) is 9.59 Å². The number of amides is 2. The number of carbonyl (C=O) groups excluding carboxylic acids is 2. The number of likely N-dealkylation sites (N-methyl/N-ethyl adjacent to an activating group) is 1. The van der Waals surface area contributed by atoms with Crippen LogP contribution in [-0.2, 0) is 32.6 Å². The lowest BCUT2D eigenvalue weighted by Gasteiger charge is -2.23. The van der Waals surface area contributed by atoms with Gasteiger partial charge in [-0.1, -0.05) is 54.6 Å². The Morgan fingerprint density at radius 1 is 1.00 bits per heavy atom. The van der Waals surface area contributed by atoms with Crippen LogP contribution in [0.1, 0.15) is 40.9 Å². The number of benzene rings is 2. The second kappa shape index (κ2) is 10.9. The maximum absolute atomic E-state index is 12.9. The lowest BCUT2D eigenvalue weighted by atomic mass is 9.83. The van der Waals surface area contributed by atoms with Gasteiger partial charge < -0.3 is 24.8 Å². The van der Waals surface area contributed by atoms with E-state index < -0.39 is 11.7 Å². The van der Waals surface area contributed by atoms with E-state index in [4.69, 9.17) is 14.2 Å². The summed E-state index contributed by atoms with van der Waals surface area (Å²) in [7, 11) is 1.62. The number of pyridine rings is 1. The van der Waals surface area contributed by atoms with Crippen LogP contribution in [0.4, 0.5) is 0 Å². The molecule has 3 aromatic rings. The third-order valence-electron chi connectivity index (χ3n) is 5.95. The van der Waals surface area contributed by atoms with E-state index in [-0.39, 0.29) is 29.2 Å².